The number of carbonyl (C=O) groups excluding carboxylic acids is 2. The quantitative estimate of drug-likeness (QED) is 0.525. The molecule has 1 N–H and O–H groups in total. The van der Waals surface area contributed by atoms with Crippen molar-refractivity contribution in [2.24, 2.45) is 0 Å². The van der Waals surface area contributed by atoms with Gasteiger partial charge in [0.1, 0.15) is 0 Å². The maximum absolute atomic E-state index is 12.4. The Morgan fingerprint density at radius 3 is 2.70 bits per heavy atom. The lowest BCUT2D eigenvalue weighted by molar-refractivity contribution is -0.141. The van der Waals surface area contributed by atoms with Crippen LogP contribution in [0.5, 0.6) is 0 Å². The van der Waals surface area contributed by atoms with Crippen molar-refractivity contribution < 1.29 is 14.3 Å². The summed E-state index contributed by atoms with van der Waals surface area (Å²) in [5, 5.41) is 3.69. The van der Waals surface area contributed by atoms with Gasteiger partial charge in [0.05, 0.1) is 7.11 Å². The molecule has 0 aliphatic rings. The fraction of sp³-hybridized carbons (Fsp3) is 0.529. The molecule has 5 nitrogen and oxygen atoms in total. The monoisotopic (exact) mass is 340 g/mol. The molecular formula is C17H25ClN2O3. The Morgan fingerprint density at radius 1 is 1.26 bits per heavy atom. The Bertz CT molecular complexity index is 508. The zero-order valence-corrected chi connectivity index (χ0v) is 14.6. The number of benzene rings is 1. The lowest BCUT2D eigenvalue weighted by Crippen LogP contribution is -2.32. The Balaban J connectivity index is 2.62. The number of hydrogen-bond donors (Lipinski definition) is 1. The molecule has 0 heterocycles. The van der Waals surface area contributed by atoms with Gasteiger partial charge < -0.3 is 15.0 Å². The molecule has 0 radical (unpaired) electrons. The summed E-state index contributed by atoms with van der Waals surface area (Å²) in [6.45, 7) is 1.83. The summed E-state index contributed by atoms with van der Waals surface area (Å²) in [6.07, 6.45) is 2.18. The van der Waals surface area contributed by atoms with Gasteiger partial charge >= 0.3 is 5.97 Å². The highest BCUT2D eigenvalue weighted by Gasteiger charge is 2.14. The van der Waals surface area contributed by atoms with Crippen molar-refractivity contribution in [1.29, 1.82) is 0 Å². The van der Waals surface area contributed by atoms with Crippen LogP contribution in [0.2, 0.25) is 5.02 Å². The number of esters is 1. The second-order valence-corrected chi connectivity index (χ2v) is 5.77. The Hall–Kier alpha value is -1.59. The normalized spacial score (nSPS) is 10.4. The minimum Gasteiger partial charge on any atom is -0.469 e. The van der Waals surface area contributed by atoms with Crippen LogP contribution in [0, 0.1) is 0 Å². The van der Waals surface area contributed by atoms with E-state index in [1.54, 1.807) is 11.0 Å². The van der Waals surface area contributed by atoms with Gasteiger partial charge in [-0.3, -0.25) is 9.59 Å². The fourth-order valence-electron chi connectivity index (χ4n) is 2.24. The van der Waals surface area contributed by atoms with Crippen molar-refractivity contribution in [2.75, 3.05) is 27.2 Å². The summed E-state index contributed by atoms with van der Waals surface area (Å²) in [5.74, 6) is -0.166. The lowest BCUT2D eigenvalue weighted by Gasteiger charge is -2.23. The van der Waals surface area contributed by atoms with Crippen molar-refractivity contribution in [3.8, 4) is 0 Å². The smallest absolute Gasteiger partial charge is 0.305 e. The van der Waals surface area contributed by atoms with E-state index in [0.29, 0.717) is 37.4 Å². The van der Waals surface area contributed by atoms with Gasteiger partial charge in [-0.15, -0.1) is 0 Å². The van der Waals surface area contributed by atoms with Gasteiger partial charge in [0.25, 0.3) is 0 Å². The van der Waals surface area contributed by atoms with Crippen LogP contribution >= 0.6 is 11.6 Å². The molecule has 1 rings (SSSR count). The van der Waals surface area contributed by atoms with Gasteiger partial charge in [-0.05, 0) is 44.1 Å². The largest absolute Gasteiger partial charge is 0.469 e. The summed E-state index contributed by atoms with van der Waals surface area (Å²) in [4.78, 5) is 25.4. The van der Waals surface area contributed by atoms with Crippen molar-refractivity contribution in [2.45, 2.75) is 32.2 Å². The highest BCUT2D eigenvalue weighted by Crippen LogP contribution is 2.14. The van der Waals surface area contributed by atoms with Crippen LogP contribution < -0.4 is 5.32 Å². The highest BCUT2D eigenvalue weighted by atomic mass is 35.5. The second kappa shape index (κ2) is 11.0. The highest BCUT2D eigenvalue weighted by molar-refractivity contribution is 6.30. The van der Waals surface area contributed by atoms with E-state index in [9.17, 15) is 9.59 Å². The maximum Gasteiger partial charge on any atom is 0.305 e. The molecule has 0 spiro atoms. The van der Waals surface area contributed by atoms with Gasteiger partial charge in [0.2, 0.25) is 5.91 Å². The van der Waals surface area contributed by atoms with E-state index < -0.39 is 0 Å². The third-order valence-electron chi connectivity index (χ3n) is 3.47. The lowest BCUT2D eigenvalue weighted by atomic mass is 10.1. The molecule has 0 saturated heterocycles. The average molecular weight is 341 g/mol. The molecule has 0 aromatic heterocycles. The van der Waals surface area contributed by atoms with E-state index in [1.807, 2.05) is 25.2 Å². The van der Waals surface area contributed by atoms with Gasteiger partial charge in [0, 0.05) is 31.0 Å². The minimum atomic E-state index is -0.254. The number of hydrogen-bond acceptors (Lipinski definition) is 4. The number of methoxy groups -OCH3 is 1. The first-order valence-electron chi connectivity index (χ1n) is 7.80. The molecule has 128 valence electrons. The van der Waals surface area contributed by atoms with E-state index in [0.717, 1.165) is 18.5 Å². The number of nitrogens with one attached hydrogen (secondary N) is 1. The van der Waals surface area contributed by atoms with Gasteiger partial charge in [-0.2, -0.15) is 0 Å². The van der Waals surface area contributed by atoms with E-state index >= 15 is 0 Å². The van der Waals surface area contributed by atoms with Crippen LogP contribution in [0.15, 0.2) is 24.3 Å². The molecule has 0 atom stereocenters. The predicted molar refractivity (Wildman–Crippen MR) is 91.3 cm³/mol. The van der Waals surface area contributed by atoms with Crippen molar-refractivity contribution in [1.82, 2.24) is 10.2 Å². The molecule has 23 heavy (non-hydrogen) atoms. The molecule has 6 heteroatoms. The molecule has 0 aliphatic heterocycles. The number of rotatable bonds is 10. The molecule has 0 bridgehead atoms. The van der Waals surface area contributed by atoms with E-state index in [4.69, 9.17) is 11.6 Å². The number of amides is 1. The zero-order valence-electron chi connectivity index (χ0n) is 13.8. The first-order valence-corrected chi connectivity index (χ1v) is 8.18. The number of nitrogens with zero attached hydrogens (tertiary/aromatic N) is 1. The van der Waals surface area contributed by atoms with Crippen LogP contribution in [0.1, 0.15) is 31.2 Å². The molecule has 0 aliphatic carbocycles. The first kappa shape index (κ1) is 19.5. The maximum atomic E-state index is 12.4. The molecular weight excluding hydrogens is 316 g/mol. The number of ether oxygens (including phenoxy) is 1. The van der Waals surface area contributed by atoms with E-state index in [-0.39, 0.29) is 11.9 Å². The summed E-state index contributed by atoms with van der Waals surface area (Å²) < 4.78 is 4.64. The minimum absolute atomic E-state index is 0.0880. The predicted octanol–water partition coefficient (Wildman–Crippen LogP) is 2.62. The van der Waals surface area contributed by atoms with Gasteiger partial charge in [-0.1, -0.05) is 23.7 Å². The van der Waals surface area contributed by atoms with Crippen molar-refractivity contribution in [3.05, 3.63) is 34.9 Å². The Labute approximate surface area is 142 Å². The Kier molecular flexibility index (Phi) is 9.33. The van der Waals surface area contributed by atoms with E-state index in [2.05, 4.69) is 10.1 Å². The fourth-order valence-corrected chi connectivity index (χ4v) is 2.45. The molecule has 0 fully saturated rings. The SMILES string of the molecule is CNCCCC(=O)N(CCCC(=O)OC)Cc1cccc(Cl)c1. The third kappa shape index (κ3) is 8.00. The molecule has 1 aromatic rings. The number of carbonyl (C=O) groups is 2. The first-order chi connectivity index (χ1) is 11.1. The van der Waals surface area contributed by atoms with Crippen molar-refractivity contribution in [3.63, 3.8) is 0 Å². The number of halogens is 1. The van der Waals surface area contributed by atoms with Crippen LogP contribution in [0.3, 0.4) is 0 Å². The topological polar surface area (TPSA) is 58.6 Å². The van der Waals surface area contributed by atoms with E-state index in [1.165, 1.54) is 7.11 Å². The molecule has 1 aromatic carbocycles. The summed E-state index contributed by atoms with van der Waals surface area (Å²) in [7, 11) is 3.24. The standard InChI is InChI=1S/C17H25ClN2O3/c1-19-10-4-8-16(21)20(11-5-9-17(22)23-2)13-14-6-3-7-15(18)12-14/h3,6-7,12,19H,4-5,8-11,13H2,1-2H3. The second-order valence-electron chi connectivity index (χ2n) is 5.33. The van der Waals surface area contributed by atoms with Crippen molar-refractivity contribution >= 4 is 23.5 Å². The molecule has 1 amide bonds. The zero-order chi connectivity index (χ0) is 17.1. The average Bonchev–Trinajstić information content (AvgIpc) is 2.53. The summed E-state index contributed by atoms with van der Waals surface area (Å²) in [6, 6.07) is 7.48. The van der Waals surface area contributed by atoms with Gasteiger partial charge in [0.15, 0.2) is 0 Å². The van der Waals surface area contributed by atoms with Crippen LogP contribution in [0.4, 0.5) is 0 Å². The Morgan fingerprint density at radius 2 is 2.04 bits per heavy atom. The van der Waals surface area contributed by atoms with Crippen LogP contribution in [0.25, 0.3) is 0 Å². The van der Waals surface area contributed by atoms with Crippen LogP contribution in [-0.4, -0.2) is 44.0 Å². The summed E-state index contributed by atoms with van der Waals surface area (Å²) >= 11 is 6.00. The summed E-state index contributed by atoms with van der Waals surface area (Å²) in [5.41, 5.74) is 0.984. The van der Waals surface area contributed by atoms with Crippen LogP contribution in [-0.2, 0) is 20.9 Å². The van der Waals surface area contributed by atoms with Gasteiger partial charge in [-0.25, -0.2) is 0 Å². The third-order valence-corrected chi connectivity index (χ3v) is 3.70. The molecule has 0 saturated carbocycles. The molecule has 0 unspecified atom stereocenters.